The standard InChI is InChI=1S/C14H35O6PSi3/c1-11-18-12-21(17)14(16,13(15)19(21)22(2,3)4)20(23(5,6)7)24(8,9)10/h16H,11-12H2,1-10H3/q+2. The minimum Gasteiger partial charge on any atom is -0.569 e. The van der Waals surface area contributed by atoms with E-state index in [1.807, 2.05) is 65.8 Å². The number of carbonyl (C=O) groups excluding carboxylic acids is 1. The maximum atomic E-state index is 13.9. The number of aliphatic hydroxyl groups is 1. The molecule has 2 atom stereocenters. The molecular formula is C14H35O6PSi3+2. The van der Waals surface area contributed by atoms with E-state index in [4.69, 9.17) is 4.74 Å². The summed E-state index contributed by atoms with van der Waals surface area (Å²) in [5.74, 6) is -0.500. The zero-order valence-electron chi connectivity index (χ0n) is 16.8. The van der Waals surface area contributed by atoms with Crippen LogP contribution in [0.15, 0.2) is 0 Å². The van der Waals surface area contributed by atoms with Gasteiger partial charge in [0.1, 0.15) is 0 Å². The third-order valence-electron chi connectivity index (χ3n) is 3.75. The first-order valence-electron chi connectivity index (χ1n) is 8.39. The van der Waals surface area contributed by atoms with Crippen LogP contribution in [-0.2, 0) is 21.7 Å². The summed E-state index contributed by atoms with van der Waals surface area (Å²) in [6.45, 7) is 20.3. The van der Waals surface area contributed by atoms with Crippen molar-refractivity contribution >= 4 is 38.3 Å². The molecule has 6 nitrogen and oxygen atoms in total. The lowest BCUT2D eigenvalue weighted by Gasteiger charge is -2.59. The highest BCUT2D eigenvalue weighted by Crippen LogP contribution is 2.77. The van der Waals surface area contributed by atoms with E-state index in [0.29, 0.717) is 6.61 Å². The van der Waals surface area contributed by atoms with Crippen molar-refractivity contribution in [1.82, 2.24) is 0 Å². The van der Waals surface area contributed by atoms with Crippen LogP contribution in [0.5, 0.6) is 0 Å². The maximum Gasteiger partial charge on any atom is 0.627 e. The molecule has 0 aromatic rings. The van der Waals surface area contributed by atoms with Crippen LogP contribution in [0.2, 0.25) is 58.9 Å². The molecule has 0 amide bonds. The lowest BCUT2D eigenvalue weighted by Crippen LogP contribution is -2.75. The second kappa shape index (κ2) is 6.44. The molecule has 0 aromatic carbocycles. The predicted molar refractivity (Wildman–Crippen MR) is 106 cm³/mol. The summed E-state index contributed by atoms with van der Waals surface area (Å²) in [5.41, 5.74) is -2.01. The van der Waals surface area contributed by atoms with Gasteiger partial charge >= 0.3 is 43.8 Å². The van der Waals surface area contributed by atoms with Crippen LogP contribution in [-0.4, -0.2) is 54.5 Å². The van der Waals surface area contributed by atoms with Gasteiger partial charge in [0, 0.05) is 45.9 Å². The van der Waals surface area contributed by atoms with Gasteiger partial charge in [-0.05, 0) is 26.6 Å². The summed E-state index contributed by atoms with van der Waals surface area (Å²) in [7, 11) is -10.2. The topological polar surface area (TPSA) is 69.0 Å². The summed E-state index contributed by atoms with van der Waals surface area (Å²) in [6, 6.07) is 0. The number of ether oxygens (including phenoxy) is 1. The molecule has 1 aliphatic rings. The lowest BCUT2D eigenvalue weighted by atomic mass is 10.6. The van der Waals surface area contributed by atoms with Crippen molar-refractivity contribution < 1.29 is 26.8 Å². The van der Waals surface area contributed by atoms with Gasteiger partial charge in [-0.3, -0.25) is 0 Å². The first-order chi connectivity index (χ1) is 10.5. The Balaban J connectivity index is 3.57. The fourth-order valence-corrected chi connectivity index (χ4v) is 22.0. The summed E-state index contributed by atoms with van der Waals surface area (Å²) < 4.78 is 24.9. The Kier molecular flexibility index (Phi) is 5.97. The zero-order valence-corrected chi connectivity index (χ0v) is 20.7. The fraction of sp³-hybridized carbons (Fsp3) is 0.929. The van der Waals surface area contributed by atoms with Gasteiger partial charge in [-0.25, -0.2) is 4.57 Å². The van der Waals surface area contributed by atoms with Crippen LogP contribution in [0.3, 0.4) is 0 Å². The van der Waals surface area contributed by atoms with Gasteiger partial charge in [-0.2, -0.15) is 0 Å². The monoisotopic (exact) mass is 414 g/mol. The van der Waals surface area contributed by atoms with Gasteiger partial charge in [0.25, 0.3) is 0 Å². The Hall–Kier alpha value is 0.231. The molecule has 0 aromatic heterocycles. The Labute approximate surface area is 149 Å². The third kappa shape index (κ3) is 3.41. The Morgan fingerprint density at radius 1 is 1.08 bits per heavy atom. The quantitative estimate of drug-likeness (QED) is 0.295. The van der Waals surface area contributed by atoms with Crippen LogP contribution in [0.25, 0.3) is 0 Å². The first kappa shape index (κ1) is 22.3. The van der Waals surface area contributed by atoms with Gasteiger partial charge < -0.3 is 17.4 Å². The third-order valence-corrected chi connectivity index (χ3v) is 17.3. The molecule has 0 radical (unpaired) electrons. The molecular weight excluding hydrogens is 379 g/mol. The van der Waals surface area contributed by atoms with Crippen molar-refractivity contribution in [2.75, 3.05) is 13.0 Å². The SMILES string of the molecule is CCOCP1(=O)[O+]([Si](C)(C)C)C(=O)C1(O)[O+]([Si](C)(C)C)[Si](C)(C)C. The molecule has 10 heteroatoms. The van der Waals surface area contributed by atoms with Gasteiger partial charge in [0.15, 0.2) is 6.35 Å². The molecule has 0 aliphatic carbocycles. The average Bonchev–Trinajstić information content (AvgIpc) is 2.30. The summed E-state index contributed by atoms with van der Waals surface area (Å²) in [4.78, 5) is 13.1. The number of hydrogen-bond acceptors (Lipinski definition) is 4. The Bertz CT molecular complexity index is 534. The highest BCUT2D eigenvalue weighted by molar-refractivity contribution is 7.66. The molecule has 0 saturated carbocycles. The van der Waals surface area contributed by atoms with Crippen molar-refractivity contribution in [2.24, 2.45) is 0 Å². The second-order valence-corrected chi connectivity index (χ2v) is 26.3. The second-order valence-electron chi connectivity index (χ2n) is 9.12. The average molecular weight is 415 g/mol. The lowest BCUT2D eigenvalue weighted by molar-refractivity contribution is -0.225. The number of rotatable bonds is 7. The number of hydrogen-bond donors (Lipinski definition) is 1. The van der Waals surface area contributed by atoms with E-state index in [1.165, 1.54) is 0 Å². The normalized spacial score (nSPS) is 29.2. The minimum atomic E-state index is -3.51. The van der Waals surface area contributed by atoms with E-state index >= 15 is 0 Å². The van der Waals surface area contributed by atoms with E-state index in [9.17, 15) is 14.5 Å². The molecule has 0 spiro atoms. The molecule has 1 heterocycles. The van der Waals surface area contributed by atoms with Gasteiger partial charge in [-0.1, -0.05) is 0 Å². The van der Waals surface area contributed by atoms with Crippen molar-refractivity contribution in [2.45, 2.75) is 71.4 Å². The van der Waals surface area contributed by atoms with E-state index < -0.39 is 43.8 Å². The van der Waals surface area contributed by atoms with E-state index in [0.717, 1.165) is 0 Å². The van der Waals surface area contributed by atoms with E-state index in [1.54, 1.807) is 0 Å². The van der Waals surface area contributed by atoms with E-state index in [-0.39, 0.29) is 6.35 Å². The van der Waals surface area contributed by atoms with Gasteiger partial charge in [0.2, 0.25) is 0 Å². The van der Waals surface area contributed by atoms with Gasteiger partial charge in [-0.15, -0.1) is 0 Å². The van der Waals surface area contributed by atoms with Crippen molar-refractivity contribution in [3.63, 3.8) is 0 Å². The largest absolute Gasteiger partial charge is 0.627 e. The van der Waals surface area contributed by atoms with Crippen molar-refractivity contribution in [1.29, 1.82) is 0 Å². The predicted octanol–water partition coefficient (Wildman–Crippen LogP) is 4.05. The minimum absolute atomic E-state index is 0.126. The summed E-state index contributed by atoms with van der Waals surface area (Å²) in [6.07, 6.45) is -0.126. The molecule has 0 bridgehead atoms. The highest BCUT2D eigenvalue weighted by Gasteiger charge is 2.89. The molecule has 1 N–H and O–H groups in total. The van der Waals surface area contributed by atoms with Crippen LogP contribution >= 0.6 is 7.37 Å². The van der Waals surface area contributed by atoms with Crippen molar-refractivity contribution in [3.05, 3.63) is 0 Å². The maximum absolute atomic E-state index is 13.9. The van der Waals surface area contributed by atoms with Gasteiger partial charge in [0.05, 0.1) is 4.79 Å². The van der Waals surface area contributed by atoms with E-state index in [2.05, 4.69) is 7.59 Å². The Morgan fingerprint density at radius 2 is 1.50 bits per heavy atom. The molecule has 1 aliphatic heterocycles. The van der Waals surface area contributed by atoms with Crippen LogP contribution < -0.4 is 0 Å². The first-order valence-corrected chi connectivity index (χ1v) is 20.4. The summed E-state index contributed by atoms with van der Waals surface area (Å²) in [5, 5.41) is 11.5. The zero-order chi connectivity index (χ0) is 19.4. The Morgan fingerprint density at radius 3 is 1.79 bits per heavy atom. The highest BCUT2D eigenvalue weighted by atomic mass is 31.2. The van der Waals surface area contributed by atoms with Crippen LogP contribution in [0.1, 0.15) is 6.92 Å². The molecule has 142 valence electrons. The molecule has 1 fully saturated rings. The van der Waals surface area contributed by atoms with Crippen LogP contribution in [0.4, 0.5) is 0 Å². The molecule has 1 rings (SSSR count). The molecule has 24 heavy (non-hydrogen) atoms. The summed E-state index contributed by atoms with van der Waals surface area (Å²) >= 11 is 0. The van der Waals surface area contributed by atoms with Crippen molar-refractivity contribution in [3.8, 4) is 0 Å². The van der Waals surface area contributed by atoms with Crippen LogP contribution in [0, 0.1) is 0 Å². The number of carbonyl (C=O) groups is 1. The molecule has 2 unspecified atom stereocenters. The fourth-order valence-electron chi connectivity index (χ4n) is 3.55. The molecule has 1 saturated heterocycles. The smallest absolute Gasteiger partial charge is 0.569 e.